The molecule has 1 aliphatic rings. The Morgan fingerprint density at radius 2 is 2.00 bits per heavy atom. The van der Waals surface area contributed by atoms with E-state index in [-0.39, 0.29) is 11.6 Å². The molecule has 0 unspecified atom stereocenters. The Balaban J connectivity index is 1.95. The van der Waals surface area contributed by atoms with Gasteiger partial charge in [-0.3, -0.25) is 5.10 Å². The molecule has 1 heterocycles. The zero-order valence-corrected chi connectivity index (χ0v) is 10.6. The Kier molecular flexibility index (Phi) is 3.05. The van der Waals surface area contributed by atoms with E-state index < -0.39 is 11.9 Å². The summed E-state index contributed by atoms with van der Waals surface area (Å²) in [6, 6.07) is 7.40. The Morgan fingerprint density at radius 3 is 2.65 bits per heavy atom. The van der Waals surface area contributed by atoms with Crippen LogP contribution >= 0.6 is 0 Å². The minimum atomic E-state index is -4.43. The average Bonchev–Trinajstić information content (AvgIpc) is 2.84. The SMILES string of the molecule is NC1CC(c2cccc(-c3cn[nH]c3C(F)(F)F)c2)C1. The third kappa shape index (κ3) is 2.31. The van der Waals surface area contributed by atoms with Crippen molar-refractivity contribution in [3.63, 3.8) is 0 Å². The first kappa shape index (κ1) is 13.2. The Hall–Kier alpha value is -1.82. The molecule has 106 valence electrons. The van der Waals surface area contributed by atoms with Gasteiger partial charge in [0.1, 0.15) is 5.69 Å². The molecule has 0 aliphatic heterocycles. The second-order valence-corrected chi connectivity index (χ2v) is 5.21. The van der Waals surface area contributed by atoms with Gasteiger partial charge in [-0.05, 0) is 29.9 Å². The number of nitrogens with one attached hydrogen (secondary N) is 1. The summed E-state index contributed by atoms with van der Waals surface area (Å²) in [6.45, 7) is 0. The lowest BCUT2D eigenvalue weighted by Crippen LogP contribution is -2.34. The number of hydrogen-bond acceptors (Lipinski definition) is 2. The monoisotopic (exact) mass is 281 g/mol. The molecule has 1 aromatic heterocycles. The van der Waals surface area contributed by atoms with Gasteiger partial charge in [0.15, 0.2) is 0 Å². The van der Waals surface area contributed by atoms with E-state index in [1.807, 2.05) is 11.2 Å². The summed E-state index contributed by atoms with van der Waals surface area (Å²) in [7, 11) is 0. The maximum absolute atomic E-state index is 12.9. The smallest absolute Gasteiger partial charge is 0.328 e. The lowest BCUT2D eigenvalue weighted by atomic mass is 9.76. The maximum atomic E-state index is 12.9. The van der Waals surface area contributed by atoms with Gasteiger partial charge < -0.3 is 5.73 Å². The van der Waals surface area contributed by atoms with Gasteiger partial charge in [0.05, 0.1) is 6.20 Å². The first-order valence-electron chi connectivity index (χ1n) is 6.41. The molecule has 6 heteroatoms. The van der Waals surface area contributed by atoms with Gasteiger partial charge in [0.25, 0.3) is 0 Å². The first-order valence-corrected chi connectivity index (χ1v) is 6.41. The third-order valence-corrected chi connectivity index (χ3v) is 3.77. The first-order chi connectivity index (χ1) is 9.45. The molecular weight excluding hydrogens is 267 g/mol. The predicted octanol–water partition coefficient (Wildman–Crippen LogP) is 3.30. The Bertz CT molecular complexity index is 612. The predicted molar refractivity (Wildman–Crippen MR) is 69.0 cm³/mol. The largest absolute Gasteiger partial charge is 0.433 e. The van der Waals surface area contributed by atoms with E-state index in [2.05, 4.69) is 5.10 Å². The van der Waals surface area contributed by atoms with Crippen LogP contribution in [0.3, 0.4) is 0 Å². The van der Waals surface area contributed by atoms with Crippen molar-refractivity contribution in [2.24, 2.45) is 5.73 Å². The number of aromatic nitrogens is 2. The molecule has 0 atom stereocenters. The molecule has 1 aliphatic carbocycles. The van der Waals surface area contributed by atoms with Crippen molar-refractivity contribution >= 4 is 0 Å². The van der Waals surface area contributed by atoms with Crippen molar-refractivity contribution in [2.45, 2.75) is 31.0 Å². The van der Waals surface area contributed by atoms with E-state index in [9.17, 15) is 13.2 Å². The summed E-state index contributed by atoms with van der Waals surface area (Å²) in [5.41, 5.74) is 6.61. The number of nitrogens with two attached hydrogens (primary N) is 1. The number of nitrogens with zero attached hydrogens (tertiary/aromatic N) is 1. The van der Waals surface area contributed by atoms with E-state index in [4.69, 9.17) is 5.73 Å². The van der Waals surface area contributed by atoms with Crippen LogP contribution in [0.4, 0.5) is 13.2 Å². The van der Waals surface area contributed by atoms with Gasteiger partial charge >= 0.3 is 6.18 Å². The third-order valence-electron chi connectivity index (χ3n) is 3.77. The summed E-state index contributed by atoms with van der Waals surface area (Å²) >= 11 is 0. The van der Waals surface area contributed by atoms with Crippen LogP contribution in [0, 0.1) is 0 Å². The molecule has 1 fully saturated rings. The number of H-pyrrole nitrogens is 1. The molecule has 1 aromatic carbocycles. The fourth-order valence-corrected chi connectivity index (χ4v) is 2.62. The summed E-state index contributed by atoms with van der Waals surface area (Å²) in [5.74, 6) is 0.353. The number of aromatic amines is 1. The standard InChI is InChI=1S/C14H14F3N3/c15-14(16,17)13-12(7-19-20-13)9-3-1-2-8(4-9)10-5-11(18)6-10/h1-4,7,10-11H,5-6,18H2,(H,19,20). The molecule has 0 radical (unpaired) electrons. The molecule has 3 N–H and O–H groups in total. The quantitative estimate of drug-likeness (QED) is 0.887. The molecule has 2 aromatic rings. The maximum Gasteiger partial charge on any atom is 0.433 e. The zero-order chi connectivity index (χ0) is 14.3. The summed E-state index contributed by atoms with van der Waals surface area (Å²) < 4.78 is 38.6. The van der Waals surface area contributed by atoms with Gasteiger partial charge in [-0.15, -0.1) is 0 Å². The summed E-state index contributed by atoms with van der Waals surface area (Å²) in [6.07, 6.45) is -1.43. The molecule has 0 amide bonds. The van der Waals surface area contributed by atoms with Crippen LogP contribution in [-0.4, -0.2) is 16.2 Å². The molecule has 20 heavy (non-hydrogen) atoms. The molecule has 0 saturated heterocycles. The molecule has 1 saturated carbocycles. The molecule has 3 nitrogen and oxygen atoms in total. The van der Waals surface area contributed by atoms with Crippen LogP contribution in [-0.2, 0) is 6.18 Å². The van der Waals surface area contributed by atoms with Crippen molar-refractivity contribution in [1.82, 2.24) is 10.2 Å². The average molecular weight is 281 g/mol. The minimum Gasteiger partial charge on any atom is -0.328 e. The molecule has 0 spiro atoms. The molecule has 3 rings (SSSR count). The molecule has 0 bridgehead atoms. The highest BCUT2D eigenvalue weighted by Gasteiger charge is 2.36. The van der Waals surface area contributed by atoms with E-state index in [0.29, 0.717) is 11.5 Å². The minimum absolute atomic E-state index is 0.0861. The Morgan fingerprint density at radius 1 is 1.25 bits per heavy atom. The van der Waals surface area contributed by atoms with E-state index >= 15 is 0 Å². The highest BCUT2D eigenvalue weighted by Crippen LogP contribution is 2.39. The lowest BCUT2D eigenvalue weighted by molar-refractivity contribution is -0.140. The van der Waals surface area contributed by atoms with Crippen molar-refractivity contribution in [1.29, 1.82) is 0 Å². The van der Waals surface area contributed by atoms with Crippen LogP contribution in [0.1, 0.15) is 30.0 Å². The number of halogens is 3. The highest BCUT2D eigenvalue weighted by molar-refractivity contribution is 5.66. The van der Waals surface area contributed by atoms with E-state index in [1.54, 1.807) is 18.2 Å². The highest BCUT2D eigenvalue weighted by atomic mass is 19.4. The van der Waals surface area contributed by atoms with Crippen molar-refractivity contribution in [3.05, 3.63) is 41.7 Å². The van der Waals surface area contributed by atoms with Crippen LogP contribution in [0.15, 0.2) is 30.5 Å². The number of alkyl halides is 3. The van der Waals surface area contributed by atoms with Crippen LogP contribution < -0.4 is 5.73 Å². The second kappa shape index (κ2) is 4.63. The van der Waals surface area contributed by atoms with Crippen LogP contribution in [0.25, 0.3) is 11.1 Å². The normalized spacial score (nSPS) is 22.6. The van der Waals surface area contributed by atoms with Crippen LogP contribution in [0.5, 0.6) is 0 Å². The zero-order valence-electron chi connectivity index (χ0n) is 10.6. The van der Waals surface area contributed by atoms with Gasteiger partial charge in [-0.25, -0.2) is 0 Å². The van der Waals surface area contributed by atoms with E-state index in [1.165, 1.54) is 6.20 Å². The number of benzene rings is 1. The second-order valence-electron chi connectivity index (χ2n) is 5.21. The molecular formula is C14H14F3N3. The van der Waals surface area contributed by atoms with Crippen molar-refractivity contribution in [2.75, 3.05) is 0 Å². The number of hydrogen-bond donors (Lipinski definition) is 2. The van der Waals surface area contributed by atoms with Gasteiger partial charge in [0.2, 0.25) is 0 Å². The summed E-state index contributed by atoms with van der Waals surface area (Å²) in [5, 5.41) is 5.55. The van der Waals surface area contributed by atoms with Gasteiger partial charge in [-0.1, -0.05) is 24.3 Å². The fraction of sp³-hybridized carbons (Fsp3) is 0.357. The topological polar surface area (TPSA) is 54.7 Å². The van der Waals surface area contributed by atoms with E-state index in [0.717, 1.165) is 18.4 Å². The Labute approximate surface area is 114 Å². The summed E-state index contributed by atoms with van der Waals surface area (Å²) in [4.78, 5) is 0. The van der Waals surface area contributed by atoms with Crippen molar-refractivity contribution in [3.8, 4) is 11.1 Å². The number of rotatable bonds is 2. The van der Waals surface area contributed by atoms with Gasteiger partial charge in [-0.2, -0.15) is 18.3 Å². The van der Waals surface area contributed by atoms with Crippen LogP contribution in [0.2, 0.25) is 0 Å². The van der Waals surface area contributed by atoms with Gasteiger partial charge in [0, 0.05) is 11.6 Å². The lowest BCUT2D eigenvalue weighted by Gasteiger charge is -2.33. The fourth-order valence-electron chi connectivity index (χ4n) is 2.62. The van der Waals surface area contributed by atoms with Crippen molar-refractivity contribution < 1.29 is 13.2 Å².